The van der Waals surface area contributed by atoms with E-state index in [1.807, 2.05) is 11.8 Å². The minimum atomic E-state index is -0.474. The lowest BCUT2D eigenvalue weighted by molar-refractivity contribution is 0.0597. The number of hydrogen-bond donors (Lipinski definition) is 1. The molecule has 114 valence electrons. The number of anilines is 1. The van der Waals surface area contributed by atoms with Gasteiger partial charge in [-0.3, -0.25) is 0 Å². The highest BCUT2D eigenvalue weighted by molar-refractivity contribution is 7.99. The topological polar surface area (TPSA) is 67.9 Å². The second-order valence-corrected chi connectivity index (χ2v) is 5.66. The van der Waals surface area contributed by atoms with Gasteiger partial charge in [-0.05, 0) is 12.1 Å². The number of methoxy groups -OCH3 is 2. The zero-order valence-electron chi connectivity index (χ0n) is 12.0. The second-order valence-electron chi connectivity index (χ2n) is 4.44. The van der Waals surface area contributed by atoms with E-state index >= 15 is 0 Å². The number of hydrogen-bond acceptors (Lipinski definition) is 5. The minimum absolute atomic E-state index is 0.136. The molecule has 0 saturated carbocycles. The number of carbonyl (C=O) groups excluding carboxylic acids is 2. The van der Waals surface area contributed by atoms with Crippen LogP contribution >= 0.6 is 11.8 Å². The van der Waals surface area contributed by atoms with Gasteiger partial charge in [0.15, 0.2) is 0 Å². The molecule has 0 aliphatic carbocycles. The smallest absolute Gasteiger partial charge is 0.341 e. The molecule has 0 unspecified atom stereocenters. The Hall–Kier alpha value is -1.89. The molecule has 0 aromatic heterocycles. The summed E-state index contributed by atoms with van der Waals surface area (Å²) in [5.41, 5.74) is 0.912. The molecule has 0 atom stereocenters. The summed E-state index contributed by atoms with van der Waals surface area (Å²) in [4.78, 5) is 25.5. The fourth-order valence-electron chi connectivity index (χ4n) is 2.02. The molecule has 1 saturated heterocycles. The fourth-order valence-corrected chi connectivity index (χ4v) is 2.92. The van der Waals surface area contributed by atoms with E-state index in [2.05, 4.69) is 10.1 Å². The third-order valence-corrected chi connectivity index (χ3v) is 4.10. The van der Waals surface area contributed by atoms with Crippen molar-refractivity contribution in [1.82, 2.24) is 4.90 Å². The molecular formula is C14H18N2O4S. The van der Waals surface area contributed by atoms with Gasteiger partial charge in [-0.1, -0.05) is 0 Å². The monoisotopic (exact) mass is 310 g/mol. The Labute approximate surface area is 127 Å². The maximum absolute atomic E-state index is 12.1. The first-order valence-electron chi connectivity index (χ1n) is 6.55. The van der Waals surface area contributed by atoms with Crippen molar-refractivity contribution >= 4 is 29.4 Å². The summed E-state index contributed by atoms with van der Waals surface area (Å²) >= 11 is 1.84. The molecule has 1 fully saturated rings. The van der Waals surface area contributed by atoms with Crippen molar-refractivity contribution in [3.63, 3.8) is 0 Å². The molecule has 2 amide bonds. The lowest BCUT2D eigenvalue weighted by Crippen LogP contribution is -2.40. The van der Waals surface area contributed by atoms with Gasteiger partial charge >= 0.3 is 12.0 Å². The van der Waals surface area contributed by atoms with Crippen LogP contribution in [-0.4, -0.2) is 55.7 Å². The minimum Gasteiger partial charge on any atom is -0.496 e. The highest BCUT2D eigenvalue weighted by Gasteiger charge is 2.18. The molecule has 1 aliphatic rings. The number of nitrogens with zero attached hydrogens (tertiary/aromatic N) is 1. The molecule has 1 N–H and O–H groups in total. The third-order valence-electron chi connectivity index (χ3n) is 3.16. The molecule has 2 rings (SSSR count). The van der Waals surface area contributed by atoms with Crippen molar-refractivity contribution in [1.29, 1.82) is 0 Å². The zero-order valence-corrected chi connectivity index (χ0v) is 12.9. The first-order valence-corrected chi connectivity index (χ1v) is 7.71. The number of amides is 2. The van der Waals surface area contributed by atoms with Crippen LogP contribution in [0.5, 0.6) is 5.75 Å². The quantitative estimate of drug-likeness (QED) is 0.866. The van der Waals surface area contributed by atoms with E-state index in [4.69, 9.17) is 4.74 Å². The highest BCUT2D eigenvalue weighted by Crippen LogP contribution is 2.24. The van der Waals surface area contributed by atoms with Gasteiger partial charge in [-0.15, -0.1) is 0 Å². The molecule has 0 spiro atoms. The van der Waals surface area contributed by atoms with Crippen LogP contribution < -0.4 is 10.1 Å². The maximum atomic E-state index is 12.1. The number of thioether (sulfide) groups is 1. The molecule has 1 aliphatic heterocycles. The standard InChI is InChI=1S/C14H18N2O4S/c1-19-12-9-10(3-4-11(12)13(17)20-2)15-14(18)16-5-7-21-8-6-16/h3-4,9H,5-8H2,1-2H3,(H,15,18). The summed E-state index contributed by atoms with van der Waals surface area (Å²) in [6.45, 7) is 1.49. The van der Waals surface area contributed by atoms with Crippen molar-refractivity contribution in [2.24, 2.45) is 0 Å². The van der Waals surface area contributed by atoms with E-state index in [9.17, 15) is 9.59 Å². The summed E-state index contributed by atoms with van der Waals surface area (Å²) in [5, 5.41) is 2.82. The number of benzene rings is 1. The summed E-state index contributed by atoms with van der Waals surface area (Å²) in [5.74, 6) is 1.81. The van der Waals surface area contributed by atoms with Gasteiger partial charge in [-0.25, -0.2) is 9.59 Å². The molecule has 6 nitrogen and oxygen atoms in total. The van der Waals surface area contributed by atoms with Crippen LogP contribution in [0.2, 0.25) is 0 Å². The van der Waals surface area contributed by atoms with Crippen molar-refractivity contribution in [3.8, 4) is 5.75 Å². The Morgan fingerprint density at radius 2 is 1.95 bits per heavy atom. The van der Waals surface area contributed by atoms with Crippen molar-refractivity contribution in [3.05, 3.63) is 23.8 Å². The molecule has 1 aromatic rings. The molecule has 1 heterocycles. The zero-order chi connectivity index (χ0) is 15.2. The van der Waals surface area contributed by atoms with Gasteiger partial charge in [-0.2, -0.15) is 11.8 Å². The van der Waals surface area contributed by atoms with E-state index in [1.54, 1.807) is 23.1 Å². The largest absolute Gasteiger partial charge is 0.496 e. The lowest BCUT2D eigenvalue weighted by Gasteiger charge is -2.26. The van der Waals surface area contributed by atoms with Crippen LogP contribution in [0.1, 0.15) is 10.4 Å². The SMILES string of the molecule is COC(=O)c1ccc(NC(=O)N2CCSCC2)cc1OC. The first-order chi connectivity index (χ1) is 10.2. The third kappa shape index (κ3) is 3.81. The average molecular weight is 310 g/mol. The lowest BCUT2D eigenvalue weighted by atomic mass is 10.2. The molecule has 0 bridgehead atoms. The summed E-state index contributed by atoms with van der Waals surface area (Å²) in [7, 11) is 2.78. The van der Waals surface area contributed by atoms with Crippen LogP contribution in [0.25, 0.3) is 0 Å². The van der Waals surface area contributed by atoms with E-state index < -0.39 is 5.97 Å². The molecule has 7 heteroatoms. The van der Waals surface area contributed by atoms with Gasteiger partial charge in [0.1, 0.15) is 11.3 Å². The van der Waals surface area contributed by atoms with Crippen LogP contribution in [0.4, 0.5) is 10.5 Å². The second kappa shape index (κ2) is 7.21. The van der Waals surface area contributed by atoms with Crippen molar-refractivity contribution in [2.45, 2.75) is 0 Å². The van der Waals surface area contributed by atoms with Crippen LogP contribution in [0.15, 0.2) is 18.2 Å². The van der Waals surface area contributed by atoms with Gasteiger partial charge < -0.3 is 19.7 Å². The summed E-state index contributed by atoms with van der Waals surface area (Å²) in [6.07, 6.45) is 0. The van der Waals surface area contributed by atoms with Crippen LogP contribution in [0, 0.1) is 0 Å². The van der Waals surface area contributed by atoms with Gasteiger partial charge in [0.2, 0.25) is 0 Å². The Bertz CT molecular complexity index is 530. The number of esters is 1. The Morgan fingerprint density at radius 1 is 1.24 bits per heavy atom. The van der Waals surface area contributed by atoms with E-state index in [1.165, 1.54) is 14.2 Å². The Balaban J connectivity index is 2.09. The predicted octanol–water partition coefficient (Wildman–Crippen LogP) is 2.06. The summed E-state index contributed by atoms with van der Waals surface area (Å²) < 4.78 is 9.85. The van der Waals surface area contributed by atoms with Gasteiger partial charge in [0.25, 0.3) is 0 Å². The number of nitrogens with one attached hydrogen (secondary N) is 1. The van der Waals surface area contributed by atoms with E-state index in [-0.39, 0.29) is 6.03 Å². The number of carbonyl (C=O) groups is 2. The normalized spacial score (nSPS) is 14.5. The van der Waals surface area contributed by atoms with Crippen molar-refractivity contribution < 1.29 is 19.1 Å². The Kier molecular flexibility index (Phi) is 5.32. The van der Waals surface area contributed by atoms with E-state index in [0.29, 0.717) is 17.0 Å². The Morgan fingerprint density at radius 3 is 2.57 bits per heavy atom. The number of rotatable bonds is 3. The summed E-state index contributed by atoms with van der Waals surface area (Å²) in [6, 6.07) is 4.71. The van der Waals surface area contributed by atoms with Crippen LogP contribution in [0.3, 0.4) is 0 Å². The van der Waals surface area contributed by atoms with Crippen LogP contribution in [-0.2, 0) is 4.74 Å². The van der Waals surface area contributed by atoms with E-state index in [0.717, 1.165) is 24.6 Å². The maximum Gasteiger partial charge on any atom is 0.341 e. The first kappa shape index (κ1) is 15.5. The number of urea groups is 1. The van der Waals surface area contributed by atoms with Gasteiger partial charge in [0, 0.05) is 36.3 Å². The van der Waals surface area contributed by atoms with Gasteiger partial charge in [0.05, 0.1) is 14.2 Å². The molecular weight excluding hydrogens is 292 g/mol. The number of ether oxygens (including phenoxy) is 2. The fraction of sp³-hybridized carbons (Fsp3) is 0.429. The molecule has 1 aromatic carbocycles. The molecule has 21 heavy (non-hydrogen) atoms. The highest BCUT2D eigenvalue weighted by atomic mass is 32.2. The molecule has 0 radical (unpaired) electrons. The average Bonchev–Trinajstić information content (AvgIpc) is 2.54. The predicted molar refractivity (Wildman–Crippen MR) is 82.3 cm³/mol. The van der Waals surface area contributed by atoms with Crippen molar-refractivity contribution in [2.75, 3.05) is 44.1 Å².